The van der Waals surface area contributed by atoms with Crippen LogP contribution < -0.4 is 5.73 Å². The van der Waals surface area contributed by atoms with Crippen molar-refractivity contribution in [3.8, 4) is 5.69 Å². The fourth-order valence-electron chi connectivity index (χ4n) is 2.15. The van der Waals surface area contributed by atoms with Crippen LogP contribution in [0.1, 0.15) is 23.7 Å². The van der Waals surface area contributed by atoms with Crippen LogP contribution >= 0.6 is 11.6 Å². The smallest absolute Gasteiger partial charge is 0.256 e. The fourth-order valence-corrected chi connectivity index (χ4v) is 2.32. The van der Waals surface area contributed by atoms with Gasteiger partial charge in [0.2, 0.25) is 0 Å². The average molecular weight is 308 g/mol. The number of carbonyl (C=O) groups is 1. The number of nitrogens with two attached hydrogens (primary N) is 1. The number of hydrogen-bond acceptors (Lipinski definition) is 4. The lowest BCUT2D eigenvalue weighted by Crippen LogP contribution is -2.41. The maximum Gasteiger partial charge on any atom is 0.256 e. The Morgan fingerprint density at radius 3 is 2.67 bits per heavy atom. The molecule has 1 aromatic heterocycles. The molecule has 7 heteroatoms. The summed E-state index contributed by atoms with van der Waals surface area (Å²) in [6.07, 6.45) is 3.90. The van der Waals surface area contributed by atoms with E-state index < -0.39 is 0 Å². The molecule has 6 nitrogen and oxygen atoms in total. The third-order valence-corrected chi connectivity index (χ3v) is 3.67. The highest BCUT2D eigenvalue weighted by Crippen LogP contribution is 2.21. The lowest BCUT2D eigenvalue weighted by Gasteiger charge is -2.26. The van der Waals surface area contributed by atoms with Crippen LogP contribution in [0, 0.1) is 0 Å². The van der Waals surface area contributed by atoms with Crippen molar-refractivity contribution in [2.45, 2.75) is 19.4 Å². The van der Waals surface area contributed by atoms with E-state index >= 15 is 0 Å². The molecule has 0 aliphatic heterocycles. The van der Waals surface area contributed by atoms with Crippen molar-refractivity contribution in [3.63, 3.8) is 0 Å². The predicted molar refractivity (Wildman–Crippen MR) is 81.6 cm³/mol. The van der Waals surface area contributed by atoms with Crippen LogP contribution in [-0.2, 0) is 0 Å². The zero-order chi connectivity index (χ0) is 15.4. The second-order valence-corrected chi connectivity index (χ2v) is 5.13. The molecule has 0 radical (unpaired) electrons. The number of amides is 1. The first-order valence-electron chi connectivity index (χ1n) is 6.72. The zero-order valence-corrected chi connectivity index (χ0v) is 12.8. The van der Waals surface area contributed by atoms with E-state index in [4.69, 9.17) is 17.3 Å². The molecular formula is C14H18ClN5O. The molecule has 0 aliphatic carbocycles. The van der Waals surface area contributed by atoms with Crippen LogP contribution in [0.3, 0.4) is 0 Å². The molecule has 0 spiro atoms. The topological polar surface area (TPSA) is 77.0 Å². The van der Waals surface area contributed by atoms with E-state index in [9.17, 15) is 4.79 Å². The Labute approximate surface area is 128 Å². The maximum absolute atomic E-state index is 12.7. The summed E-state index contributed by atoms with van der Waals surface area (Å²) < 4.78 is 0. The average Bonchev–Trinajstić information content (AvgIpc) is 3.01. The second-order valence-electron chi connectivity index (χ2n) is 4.69. The normalized spacial score (nSPS) is 12.2. The number of likely N-dealkylation sites (N-methyl/N-ethyl adjacent to an activating group) is 1. The Hall–Kier alpha value is -1.92. The van der Waals surface area contributed by atoms with Crippen molar-refractivity contribution >= 4 is 17.5 Å². The van der Waals surface area contributed by atoms with Crippen LogP contribution in [0.25, 0.3) is 5.69 Å². The number of carbonyl (C=O) groups excluding carboxylic acids is 1. The highest BCUT2D eigenvalue weighted by molar-refractivity contribution is 6.31. The molecule has 112 valence electrons. The lowest BCUT2D eigenvalue weighted by atomic mass is 10.1. The van der Waals surface area contributed by atoms with E-state index in [1.807, 2.05) is 6.92 Å². The Balaban J connectivity index is 2.43. The van der Waals surface area contributed by atoms with E-state index in [1.54, 1.807) is 42.5 Å². The fraction of sp³-hybridized carbons (Fsp3) is 0.357. The Bertz CT molecular complexity index is 610. The molecule has 2 rings (SSSR count). The van der Waals surface area contributed by atoms with Crippen molar-refractivity contribution in [2.75, 3.05) is 13.6 Å². The highest BCUT2D eigenvalue weighted by Gasteiger charge is 2.22. The molecule has 0 saturated carbocycles. The molecule has 1 unspecified atom stereocenters. The number of benzene rings is 1. The van der Waals surface area contributed by atoms with Crippen molar-refractivity contribution in [1.29, 1.82) is 0 Å². The van der Waals surface area contributed by atoms with Crippen molar-refractivity contribution in [2.24, 2.45) is 5.73 Å². The monoisotopic (exact) mass is 307 g/mol. The minimum Gasteiger partial charge on any atom is -0.337 e. The van der Waals surface area contributed by atoms with Gasteiger partial charge in [0, 0.05) is 24.7 Å². The molecule has 2 aromatic rings. The summed E-state index contributed by atoms with van der Waals surface area (Å²) in [6, 6.07) is 5.04. The lowest BCUT2D eigenvalue weighted by molar-refractivity contribution is 0.0732. The molecule has 0 bridgehead atoms. The van der Waals surface area contributed by atoms with Gasteiger partial charge >= 0.3 is 0 Å². The van der Waals surface area contributed by atoms with Crippen LogP contribution in [0.15, 0.2) is 30.6 Å². The third-order valence-electron chi connectivity index (χ3n) is 3.43. The first kappa shape index (κ1) is 15.5. The molecule has 21 heavy (non-hydrogen) atoms. The first-order valence-corrected chi connectivity index (χ1v) is 7.09. The molecule has 1 aromatic carbocycles. The number of nitrogens with zero attached hydrogens (tertiary/aromatic N) is 4. The van der Waals surface area contributed by atoms with E-state index in [0.29, 0.717) is 22.8 Å². The quantitative estimate of drug-likeness (QED) is 0.912. The molecule has 1 heterocycles. The van der Waals surface area contributed by atoms with E-state index in [0.717, 1.165) is 6.42 Å². The third kappa shape index (κ3) is 3.22. The summed E-state index contributed by atoms with van der Waals surface area (Å²) in [7, 11) is 1.74. The van der Waals surface area contributed by atoms with Gasteiger partial charge in [0.1, 0.15) is 0 Å². The summed E-state index contributed by atoms with van der Waals surface area (Å²) in [6.45, 7) is 2.41. The minimum atomic E-state index is -0.151. The van der Waals surface area contributed by atoms with Crippen molar-refractivity contribution in [1.82, 2.24) is 19.9 Å². The Morgan fingerprint density at radius 2 is 2.10 bits per heavy atom. The number of rotatable bonds is 5. The van der Waals surface area contributed by atoms with Gasteiger partial charge < -0.3 is 10.6 Å². The van der Waals surface area contributed by atoms with Crippen LogP contribution in [-0.4, -0.2) is 45.4 Å². The van der Waals surface area contributed by atoms with E-state index in [2.05, 4.69) is 10.2 Å². The summed E-state index contributed by atoms with van der Waals surface area (Å²) >= 11 is 6.03. The zero-order valence-electron chi connectivity index (χ0n) is 12.0. The molecular weight excluding hydrogens is 290 g/mol. The Morgan fingerprint density at radius 1 is 1.43 bits per heavy atom. The number of aromatic nitrogens is 3. The second kappa shape index (κ2) is 6.69. The van der Waals surface area contributed by atoms with Gasteiger partial charge in [0.05, 0.1) is 23.6 Å². The molecule has 0 fully saturated rings. The standard InChI is InChI=1S/C14H18ClN5O/c1-3-11(9-16)19(2)14(21)12-8-10(15)4-5-13(12)20-17-6-7-18-20/h4-8,11H,3,9,16H2,1-2H3. The van der Waals surface area contributed by atoms with Gasteiger partial charge in [0.15, 0.2) is 0 Å². The van der Waals surface area contributed by atoms with Gasteiger partial charge in [0.25, 0.3) is 5.91 Å². The highest BCUT2D eigenvalue weighted by atomic mass is 35.5. The van der Waals surface area contributed by atoms with Gasteiger partial charge in [-0.25, -0.2) is 0 Å². The van der Waals surface area contributed by atoms with Gasteiger partial charge in [-0.2, -0.15) is 15.0 Å². The number of hydrogen-bond donors (Lipinski definition) is 1. The molecule has 2 N–H and O–H groups in total. The molecule has 0 saturated heterocycles. The largest absolute Gasteiger partial charge is 0.337 e. The summed E-state index contributed by atoms with van der Waals surface area (Å²) in [4.78, 5) is 15.8. The first-order chi connectivity index (χ1) is 10.1. The van der Waals surface area contributed by atoms with Gasteiger partial charge in [-0.1, -0.05) is 18.5 Å². The van der Waals surface area contributed by atoms with Crippen LogP contribution in [0.4, 0.5) is 0 Å². The molecule has 1 amide bonds. The number of halogens is 1. The Kier molecular flexibility index (Phi) is 4.93. The van der Waals surface area contributed by atoms with Crippen molar-refractivity contribution in [3.05, 3.63) is 41.2 Å². The summed E-state index contributed by atoms with van der Waals surface area (Å²) in [5.41, 5.74) is 6.76. The van der Waals surface area contributed by atoms with Crippen LogP contribution in [0.5, 0.6) is 0 Å². The van der Waals surface area contributed by atoms with Crippen LogP contribution in [0.2, 0.25) is 5.02 Å². The minimum absolute atomic E-state index is 0.0186. The SMILES string of the molecule is CCC(CN)N(C)C(=O)c1cc(Cl)ccc1-n1nccn1. The van der Waals surface area contributed by atoms with Gasteiger partial charge in [-0.3, -0.25) is 4.79 Å². The van der Waals surface area contributed by atoms with E-state index in [1.165, 1.54) is 4.80 Å². The van der Waals surface area contributed by atoms with E-state index in [-0.39, 0.29) is 11.9 Å². The summed E-state index contributed by atoms with van der Waals surface area (Å²) in [5, 5.41) is 8.63. The van der Waals surface area contributed by atoms with Crippen molar-refractivity contribution < 1.29 is 4.79 Å². The van der Waals surface area contributed by atoms with Gasteiger partial charge in [-0.15, -0.1) is 0 Å². The molecule has 1 atom stereocenters. The predicted octanol–water partition coefficient (Wildman–Crippen LogP) is 1.73. The summed E-state index contributed by atoms with van der Waals surface area (Å²) in [5.74, 6) is -0.151. The maximum atomic E-state index is 12.7. The van der Waals surface area contributed by atoms with Gasteiger partial charge in [-0.05, 0) is 24.6 Å². The molecule has 0 aliphatic rings.